The van der Waals surface area contributed by atoms with Crippen LogP contribution in [0.4, 0.5) is 0 Å². The minimum absolute atomic E-state index is 0.0302. The summed E-state index contributed by atoms with van der Waals surface area (Å²) < 4.78 is 0. The van der Waals surface area contributed by atoms with Gasteiger partial charge in [-0.15, -0.1) is 6.58 Å². The van der Waals surface area contributed by atoms with Crippen molar-refractivity contribution in [2.45, 2.75) is 32.2 Å². The highest BCUT2D eigenvalue weighted by Gasteiger charge is 2.34. The Bertz CT molecular complexity index is 263. The van der Waals surface area contributed by atoms with Crippen molar-refractivity contribution in [2.75, 3.05) is 6.54 Å². The summed E-state index contributed by atoms with van der Waals surface area (Å²) >= 11 is 0. The van der Waals surface area contributed by atoms with E-state index in [2.05, 4.69) is 6.58 Å². The lowest BCUT2D eigenvalue weighted by Gasteiger charge is -2.22. The quantitative estimate of drug-likeness (QED) is 0.622. The van der Waals surface area contributed by atoms with Crippen molar-refractivity contribution >= 4 is 5.91 Å². The third-order valence-corrected chi connectivity index (χ3v) is 2.46. The molecule has 0 aromatic carbocycles. The van der Waals surface area contributed by atoms with Crippen molar-refractivity contribution in [1.29, 1.82) is 5.26 Å². The molecule has 0 N–H and O–H groups in total. The van der Waals surface area contributed by atoms with Crippen LogP contribution in [-0.2, 0) is 4.79 Å². The summed E-state index contributed by atoms with van der Waals surface area (Å²) in [6, 6.07) is 2.41. The van der Waals surface area contributed by atoms with Crippen LogP contribution in [0.3, 0.4) is 0 Å². The number of carbonyl (C=O) groups excluding carboxylic acids is 1. The van der Waals surface area contributed by atoms with Crippen molar-refractivity contribution in [3.63, 3.8) is 0 Å². The summed E-state index contributed by atoms with van der Waals surface area (Å²) in [6.07, 6.45) is 4.46. The second kappa shape index (κ2) is 4.80. The Morgan fingerprint density at radius 3 is 2.79 bits per heavy atom. The zero-order valence-electron chi connectivity index (χ0n) is 8.57. The van der Waals surface area contributed by atoms with Crippen LogP contribution in [0.15, 0.2) is 12.7 Å². The Morgan fingerprint density at radius 2 is 2.43 bits per heavy atom. The van der Waals surface area contributed by atoms with E-state index in [9.17, 15) is 4.79 Å². The molecule has 1 fully saturated rings. The molecule has 1 unspecified atom stereocenters. The Hall–Kier alpha value is -1.30. The second-order valence-corrected chi connectivity index (χ2v) is 3.60. The SMILES string of the molecule is C=CCN(C(=O)C(C#N)CC)C1CC1. The minimum atomic E-state index is -0.476. The fourth-order valence-electron chi connectivity index (χ4n) is 1.47. The summed E-state index contributed by atoms with van der Waals surface area (Å²) in [5, 5.41) is 8.79. The van der Waals surface area contributed by atoms with E-state index in [1.807, 2.05) is 13.0 Å². The molecule has 3 nitrogen and oxygen atoms in total. The molecule has 0 aliphatic heterocycles. The summed E-state index contributed by atoms with van der Waals surface area (Å²) in [7, 11) is 0. The first-order valence-corrected chi connectivity index (χ1v) is 5.05. The van der Waals surface area contributed by atoms with E-state index in [4.69, 9.17) is 5.26 Å². The average Bonchev–Trinajstić information content (AvgIpc) is 2.99. The molecule has 1 amide bonds. The molecule has 1 atom stereocenters. The molecule has 76 valence electrons. The van der Waals surface area contributed by atoms with Gasteiger partial charge in [0.05, 0.1) is 6.07 Å². The number of carbonyl (C=O) groups is 1. The maximum Gasteiger partial charge on any atom is 0.240 e. The maximum absolute atomic E-state index is 11.8. The third kappa shape index (κ3) is 2.35. The van der Waals surface area contributed by atoms with Gasteiger partial charge in [0.25, 0.3) is 0 Å². The van der Waals surface area contributed by atoms with Crippen LogP contribution < -0.4 is 0 Å². The van der Waals surface area contributed by atoms with E-state index in [0.717, 1.165) is 12.8 Å². The largest absolute Gasteiger partial charge is 0.335 e. The van der Waals surface area contributed by atoms with Gasteiger partial charge in [0, 0.05) is 12.6 Å². The lowest BCUT2D eigenvalue weighted by Crippen LogP contribution is -2.37. The molecule has 0 aromatic heterocycles. The molecule has 0 spiro atoms. The number of hydrogen-bond acceptors (Lipinski definition) is 2. The monoisotopic (exact) mass is 192 g/mol. The topological polar surface area (TPSA) is 44.1 Å². The normalized spacial score (nSPS) is 16.9. The molecular formula is C11H16N2O. The van der Waals surface area contributed by atoms with Gasteiger partial charge in [-0.2, -0.15) is 5.26 Å². The van der Waals surface area contributed by atoms with Gasteiger partial charge in [-0.1, -0.05) is 13.0 Å². The van der Waals surface area contributed by atoms with Crippen molar-refractivity contribution < 1.29 is 4.79 Å². The first-order valence-electron chi connectivity index (χ1n) is 5.05. The molecule has 1 aliphatic carbocycles. The Kier molecular flexibility index (Phi) is 3.70. The molecule has 0 aromatic rings. The number of amides is 1. The standard InChI is InChI=1S/C11H16N2O/c1-3-7-13(10-5-6-10)11(14)9(4-2)8-12/h3,9-10H,1,4-7H2,2H3. The van der Waals surface area contributed by atoms with Gasteiger partial charge in [-0.25, -0.2) is 0 Å². The van der Waals surface area contributed by atoms with Gasteiger partial charge in [-0.05, 0) is 19.3 Å². The van der Waals surface area contributed by atoms with E-state index in [1.54, 1.807) is 11.0 Å². The minimum Gasteiger partial charge on any atom is -0.335 e. The van der Waals surface area contributed by atoms with Gasteiger partial charge in [0.2, 0.25) is 5.91 Å². The number of nitrogens with zero attached hydrogens (tertiary/aromatic N) is 2. The van der Waals surface area contributed by atoms with Gasteiger partial charge in [0.15, 0.2) is 0 Å². The highest BCUT2D eigenvalue weighted by atomic mass is 16.2. The van der Waals surface area contributed by atoms with E-state index in [1.165, 1.54) is 0 Å². The van der Waals surface area contributed by atoms with Crippen LogP contribution in [0.25, 0.3) is 0 Å². The first kappa shape index (κ1) is 10.8. The predicted octanol–water partition coefficient (Wildman–Crippen LogP) is 1.71. The van der Waals surface area contributed by atoms with Crippen LogP contribution in [0, 0.1) is 17.2 Å². The first-order chi connectivity index (χ1) is 6.74. The van der Waals surface area contributed by atoms with Crippen LogP contribution >= 0.6 is 0 Å². The van der Waals surface area contributed by atoms with Crippen LogP contribution in [0.2, 0.25) is 0 Å². The number of hydrogen-bond donors (Lipinski definition) is 0. The number of nitriles is 1. The molecule has 0 saturated heterocycles. The predicted molar refractivity (Wildman–Crippen MR) is 54.3 cm³/mol. The molecule has 14 heavy (non-hydrogen) atoms. The molecular weight excluding hydrogens is 176 g/mol. The van der Waals surface area contributed by atoms with E-state index >= 15 is 0 Å². The fraction of sp³-hybridized carbons (Fsp3) is 0.636. The molecule has 0 heterocycles. The molecule has 1 aliphatic rings. The second-order valence-electron chi connectivity index (χ2n) is 3.60. The van der Waals surface area contributed by atoms with Crippen molar-refractivity contribution in [3.05, 3.63) is 12.7 Å². The van der Waals surface area contributed by atoms with Crippen molar-refractivity contribution in [2.24, 2.45) is 5.92 Å². The molecule has 1 saturated carbocycles. The van der Waals surface area contributed by atoms with Gasteiger partial charge >= 0.3 is 0 Å². The van der Waals surface area contributed by atoms with E-state index in [-0.39, 0.29) is 5.91 Å². The molecule has 3 heteroatoms. The Labute approximate surface area is 85.0 Å². The smallest absolute Gasteiger partial charge is 0.240 e. The highest BCUT2D eigenvalue weighted by molar-refractivity contribution is 5.81. The highest BCUT2D eigenvalue weighted by Crippen LogP contribution is 2.28. The lowest BCUT2D eigenvalue weighted by molar-refractivity contribution is -0.133. The van der Waals surface area contributed by atoms with Gasteiger partial charge in [0.1, 0.15) is 5.92 Å². The summed E-state index contributed by atoms with van der Waals surface area (Å²) in [4.78, 5) is 13.6. The van der Waals surface area contributed by atoms with Gasteiger partial charge in [-0.3, -0.25) is 4.79 Å². The summed E-state index contributed by atoms with van der Waals surface area (Å²) in [6.45, 7) is 6.06. The fourth-order valence-corrected chi connectivity index (χ4v) is 1.47. The van der Waals surface area contributed by atoms with Crippen LogP contribution in [-0.4, -0.2) is 23.4 Å². The summed E-state index contributed by atoms with van der Waals surface area (Å²) in [5.41, 5.74) is 0. The number of rotatable bonds is 5. The average molecular weight is 192 g/mol. The van der Waals surface area contributed by atoms with Crippen molar-refractivity contribution in [3.8, 4) is 6.07 Å². The molecule has 1 rings (SSSR count). The zero-order chi connectivity index (χ0) is 10.6. The van der Waals surface area contributed by atoms with E-state index in [0.29, 0.717) is 19.0 Å². The van der Waals surface area contributed by atoms with Crippen LogP contribution in [0.1, 0.15) is 26.2 Å². The summed E-state index contributed by atoms with van der Waals surface area (Å²) in [5.74, 6) is -0.507. The van der Waals surface area contributed by atoms with Gasteiger partial charge < -0.3 is 4.90 Å². The molecule has 0 radical (unpaired) electrons. The Morgan fingerprint density at radius 1 is 1.79 bits per heavy atom. The van der Waals surface area contributed by atoms with Crippen molar-refractivity contribution in [1.82, 2.24) is 4.90 Å². The molecule has 0 bridgehead atoms. The maximum atomic E-state index is 11.8. The van der Waals surface area contributed by atoms with Crippen LogP contribution in [0.5, 0.6) is 0 Å². The Balaban J connectivity index is 2.62. The van der Waals surface area contributed by atoms with E-state index < -0.39 is 5.92 Å². The lowest BCUT2D eigenvalue weighted by atomic mass is 10.1. The zero-order valence-corrected chi connectivity index (χ0v) is 8.57. The third-order valence-electron chi connectivity index (χ3n) is 2.46.